The zero-order valence-electron chi connectivity index (χ0n) is 19.2. The topological polar surface area (TPSA) is 99.6 Å². The van der Waals surface area contributed by atoms with Crippen LogP contribution in [0.25, 0.3) is 6.08 Å². The van der Waals surface area contributed by atoms with Gasteiger partial charge in [-0.3, -0.25) is 9.69 Å². The Hall–Kier alpha value is -3.44. The Balaban J connectivity index is 2.37. The number of benzene rings is 1. The van der Waals surface area contributed by atoms with Gasteiger partial charge in [0.2, 0.25) is 6.35 Å². The van der Waals surface area contributed by atoms with Crippen LogP contribution in [0.1, 0.15) is 41.9 Å². The van der Waals surface area contributed by atoms with Gasteiger partial charge in [0.15, 0.2) is 0 Å². The molecular formula is C23H28F3N5O3. The number of methoxy groups -OCH3 is 1. The van der Waals surface area contributed by atoms with Crippen molar-refractivity contribution >= 4 is 23.6 Å². The Morgan fingerprint density at radius 1 is 1.24 bits per heavy atom. The molecule has 11 heteroatoms. The molecule has 0 spiro atoms. The molecule has 1 heterocycles. The molecule has 1 amide bonds. The Bertz CT molecular complexity index is 1040. The molecule has 0 bridgehead atoms. The van der Waals surface area contributed by atoms with Crippen LogP contribution in [0.3, 0.4) is 0 Å². The molecule has 1 aromatic carbocycles. The van der Waals surface area contributed by atoms with Crippen molar-refractivity contribution in [3.63, 3.8) is 0 Å². The summed E-state index contributed by atoms with van der Waals surface area (Å²) in [5.74, 6) is -0.838. The third kappa shape index (κ3) is 6.33. The van der Waals surface area contributed by atoms with Gasteiger partial charge in [0.25, 0.3) is 12.3 Å². The van der Waals surface area contributed by atoms with Crippen LogP contribution in [0.5, 0.6) is 0 Å². The molecule has 184 valence electrons. The molecule has 2 rings (SSSR count). The highest BCUT2D eigenvalue weighted by atomic mass is 19.3. The lowest BCUT2D eigenvalue weighted by Gasteiger charge is -2.28. The molecule has 2 aromatic rings. The van der Waals surface area contributed by atoms with Gasteiger partial charge in [-0.15, -0.1) is 6.58 Å². The quantitative estimate of drug-likeness (QED) is 0.312. The van der Waals surface area contributed by atoms with E-state index in [1.54, 1.807) is 13.8 Å². The summed E-state index contributed by atoms with van der Waals surface area (Å²) in [7, 11) is 1.35. The summed E-state index contributed by atoms with van der Waals surface area (Å²) in [6, 6.07) is 3.04. The second-order valence-electron chi connectivity index (χ2n) is 7.29. The van der Waals surface area contributed by atoms with E-state index in [4.69, 9.17) is 4.74 Å². The number of aromatic nitrogens is 2. The highest BCUT2D eigenvalue weighted by Gasteiger charge is 2.24. The van der Waals surface area contributed by atoms with Gasteiger partial charge in [-0.25, -0.2) is 23.1 Å². The summed E-state index contributed by atoms with van der Waals surface area (Å²) < 4.78 is 45.7. The monoisotopic (exact) mass is 479 g/mol. The number of hydrogen-bond donors (Lipinski definition) is 3. The smallest absolute Gasteiger partial charge is 0.266 e. The summed E-state index contributed by atoms with van der Waals surface area (Å²) in [6.45, 7) is 10.3. The number of halogens is 3. The van der Waals surface area contributed by atoms with Crippen LogP contribution in [-0.2, 0) is 9.53 Å². The zero-order chi connectivity index (χ0) is 25.4. The number of aliphatic hydroxyl groups excluding tert-OH is 1. The van der Waals surface area contributed by atoms with Gasteiger partial charge in [0.05, 0.1) is 17.2 Å². The molecule has 1 aromatic heterocycles. The van der Waals surface area contributed by atoms with Gasteiger partial charge in [0.1, 0.15) is 29.9 Å². The van der Waals surface area contributed by atoms with E-state index in [0.29, 0.717) is 5.56 Å². The van der Waals surface area contributed by atoms with Gasteiger partial charge >= 0.3 is 0 Å². The van der Waals surface area contributed by atoms with Crippen LogP contribution < -0.4 is 10.6 Å². The summed E-state index contributed by atoms with van der Waals surface area (Å²) >= 11 is 0. The average molecular weight is 480 g/mol. The molecule has 0 aliphatic carbocycles. The van der Waals surface area contributed by atoms with E-state index in [1.807, 2.05) is 0 Å². The van der Waals surface area contributed by atoms with E-state index in [9.17, 15) is 23.1 Å². The van der Waals surface area contributed by atoms with Crippen LogP contribution in [-0.4, -0.2) is 52.5 Å². The van der Waals surface area contributed by atoms with Gasteiger partial charge in [-0.2, -0.15) is 0 Å². The Labute approximate surface area is 196 Å². The van der Waals surface area contributed by atoms with Crippen molar-refractivity contribution in [2.45, 2.75) is 32.7 Å². The van der Waals surface area contributed by atoms with Crippen molar-refractivity contribution < 1.29 is 27.8 Å². The fourth-order valence-corrected chi connectivity index (χ4v) is 3.23. The van der Waals surface area contributed by atoms with Crippen LogP contribution in [0.4, 0.5) is 24.8 Å². The lowest BCUT2D eigenvalue weighted by molar-refractivity contribution is -0.142. The van der Waals surface area contributed by atoms with Crippen molar-refractivity contribution in [1.82, 2.24) is 14.9 Å². The first-order valence-electron chi connectivity index (χ1n) is 10.3. The molecule has 0 fully saturated rings. The number of rotatable bonds is 12. The molecule has 1 unspecified atom stereocenters. The minimum Gasteiger partial charge on any atom is -0.375 e. The second kappa shape index (κ2) is 12.1. The fraction of sp³-hybridized carbons (Fsp3) is 0.348. The van der Waals surface area contributed by atoms with Crippen molar-refractivity contribution in [2.75, 3.05) is 30.9 Å². The summed E-state index contributed by atoms with van der Waals surface area (Å²) in [6.07, 6.45) is -1.59. The summed E-state index contributed by atoms with van der Waals surface area (Å²) in [5.41, 5.74) is -0.344. The second-order valence-corrected chi connectivity index (χ2v) is 7.29. The van der Waals surface area contributed by atoms with Gasteiger partial charge in [-0.05, 0) is 13.8 Å². The van der Waals surface area contributed by atoms with E-state index < -0.39 is 36.1 Å². The first kappa shape index (κ1) is 26.8. The van der Waals surface area contributed by atoms with Gasteiger partial charge in [-0.1, -0.05) is 36.9 Å². The summed E-state index contributed by atoms with van der Waals surface area (Å²) in [5, 5.41) is 16.4. The number of carbonyl (C=O) groups excluding carboxylic acids is 1. The predicted octanol–water partition coefficient (Wildman–Crippen LogP) is 4.03. The maximum absolute atomic E-state index is 14.6. The number of alkyl halides is 2. The van der Waals surface area contributed by atoms with E-state index in [0.717, 1.165) is 11.0 Å². The maximum atomic E-state index is 14.6. The molecule has 0 aliphatic rings. The van der Waals surface area contributed by atoms with Crippen molar-refractivity contribution in [1.29, 1.82) is 0 Å². The number of hydrogen-bond acceptors (Lipinski definition) is 7. The highest BCUT2D eigenvalue weighted by molar-refractivity contribution is 5.78. The third-order valence-corrected chi connectivity index (χ3v) is 4.85. The fourth-order valence-electron chi connectivity index (χ4n) is 3.23. The van der Waals surface area contributed by atoms with Crippen LogP contribution >= 0.6 is 0 Å². The first-order chi connectivity index (χ1) is 16.1. The Morgan fingerprint density at radius 2 is 1.85 bits per heavy atom. The number of nitrogens with zero attached hydrogens (tertiary/aromatic N) is 3. The third-order valence-electron chi connectivity index (χ3n) is 4.85. The highest BCUT2D eigenvalue weighted by Crippen LogP contribution is 2.31. The predicted molar refractivity (Wildman–Crippen MR) is 124 cm³/mol. The van der Waals surface area contributed by atoms with E-state index >= 15 is 0 Å². The SMILES string of the molecule is C=CCN(C(=O)COC)C(O)Nc1nc(C)nc(N[C@H](C)c2cccc(C(F)F)c2F)c1C=C. The summed E-state index contributed by atoms with van der Waals surface area (Å²) in [4.78, 5) is 21.9. The number of nitrogens with one attached hydrogen (secondary N) is 2. The molecule has 3 N–H and O–H groups in total. The minimum absolute atomic E-state index is 0.0286. The van der Waals surface area contributed by atoms with Crippen LogP contribution in [0, 0.1) is 12.7 Å². The normalized spacial score (nSPS) is 12.7. The minimum atomic E-state index is -2.95. The van der Waals surface area contributed by atoms with E-state index in [-0.39, 0.29) is 36.2 Å². The number of amides is 1. The van der Waals surface area contributed by atoms with Crippen molar-refractivity contribution in [3.05, 3.63) is 65.8 Å². The van der Waals surface area contributed by atoms with Gasteiger partial charge < -0.3 is 20.5 Å². The number of carbonyl (C=O) groups is 1. The lowest BCUT2D eigenvalue weighted by Crippen LogP contribution is -2.46. The number of aliphatic hydroxyl groups is 1. The standard InChI is InChI=1S/C23H28F3N5O3/c1-6-11-31(18(32)12-34-5)23(33)30-22-15(7-2)21(28-14(4)29-22)27-13(3)16-9-8-10-17(19(16)24)20(25)26/h6-10,13,20,23,33H,1-2,11-12H2,3-5H3,(H2,27,28,29,30)/t13-,23?/m1/s1. The van der Waals surface area contributed by atoms with Crippen LogP contribution in [0.15, 0.2) is 37.4 Å². The maximum Gasteiger partial charge on any atom is 0.266 e. The average Bonchev–Trinajstić information content (AvgIpc) is 2.77. The molecule has 0 saturated carbocycles. The van der Waals surface area contributed by atoms with Gasteiger partial charge in [0, 0.05) is 19.2 Å². The van der Waals surface area contributed by atoms with E-state index in [2.05, 4.69) is 33.8 Å². The van der Waals surface area contributed by atoms with Crippen molar-refractivity contribution in [2.24, 2.45) is 0 Å². The van der Waals surface area contributed by atoms with E-state index in [1.165, 1.54) is 31.4 Å². The number of aryl methyl sites for hydroxylation is 1. The molecule has 34 heavy (non-hydrogen) atoms. The molecule has 0 saturated heterocycles. The Morgan fingerprint density at radius 3 is 2.41 bits per heavy atom. The largest absolute Gasteiger partial charge is 0.375 e. The number of anilines is 2. The zero-order valence-corrected chi connectivity index (χ0v) is 19.2. The van der Waals surface area contributed by atoms with Crippen LogP contribution in [0.2, 0.25) is 0 Å². The lowest BCUT2D eigenvalue weighted by atomic mass is 10.0. The molecular weight excluding hydrogens is 451 g/mol. The molecule has 2 atom stereocenters. The Kier molecular flexibility index (Phi) is 9.58. The molecule has 0 radical (unpaired) electrons. The number of ether oxygens (including phenoxy) is 1. The first-order valence-corrected chi connectivity index (χ1v) is 10.3. The van der Waals surface area contributed by atoms with Crippen molar-refractivity contribution in [3.8, 4) is 0 Å². The molecule has 0 aliphatic heterocycles. The molecule has 8 nitrogen and oxygen atoms in total.